The Morgan fingerprint density at radius 2 is 1.13 bits per heavy atom. The molecule has 2 N–H and O–H groups in total. The van der Waals surface area contributed by atoms with Crippen LogP contribution >= 0.6 is 0 Å². The topological polar surface area (TPSA) is 145 Å². The monoisotopic (exact) mass is 569 g/mol. The minimum absolute atomic E-state index is 0. The van der Waals surface area contributed by atoms with Crippen LogP contribution in [0.2, 0.25) is 0 Å². The standard InChI is InChI=1S/C25H32N2O2.2C2H4O2.Co/c1-5-18-10-16(3)12-20(24(18)28)14-26-22-8-7-9-23(22)27-15-21-13-17(4)11-19(6-2)25(21)29;2*1-2(3)4;/h10-15,22-23,28-29H,5-9H2,1-4H3;2*1H3,(H,3,4);/q;;;+2/p-2. The van der Waals surface area contributed by atoms with Crippen LogP contribution in [0.5, 0.6) is 11.5 Å². The molecular formula is C29H38CoN2O6. The number of aryl methyl sites for hydroxylation is 4. The van der Waals surface area contributed by atoms with Gasteiger partial charge in [-0.15, -0.1) is 0 Å². The number of nitrogens with zero attached hydrogens (tertiary/aromatic N) is 2. The number of rotatable bonds is 6. The molecule has 1 aliphatic rings. The van der Waals surface area contributed by atoms with Crippen LogP contribution in [-0.4, -0.2) is 46.7 Å². The van der Waals surface area contributed by atoms with E-state index < -0.39 is 11.9 Å². The molecule has 2 aromatic rings. The Hall–Kier alpha value is -3.17. The molecule has 0 aromatic heterocycles. The number of aromatic hydroxyl groups is 2. The zero-order valence-electron chi connectivity index (χ0n) is 22.9. The average molecular weight is 570 g/mol. The molecule has 0 heterocycles. The van der Waals surface area contributed by atoms with E-state index in [-0.39, 0.29) is 28.9 Å². The fourth-order valence-electron chi connectivity index (χ4n) is 4.12. The number of hydrogen-bond acceptors (Lipinski definition) is 8. The molecule has 0 bridgehead atoms. The number of aliphatic imine (C=N–C) groups is 2. The van der Waals surface area contributed by atoms with Gasteiger partial charge in [0.15, 0.2) is 0 Å². The minimum Gasteiger partial charge on any atom is -0.550 e. The summed E-state index contributed by atoms with van der Waals surface area (Å²) in [5, 5.41) is 38.7. The summed E-state index contributed by atoms with van der Waals surface area (Å²) < 4.78 is 0. The molecule has 1 aliphatic carbocycles. The summed E-state index contributed by atoms with van der Waals surface area (Å²) in [5.41, 5.74) is 5.72. The number of carboxylic acid groups (broad SMARTS) is 2. The maximum absolute atomic E-state index is 10.5. The van der Waals surface area contributed by atoms with Crippen molar-refractivity contribution in [2.75, 3.05) is 0 Å². The third-order valence-corrected chi connectivity index (χ3v) is 5.74. The predicted molar refractivity (Wildman–Crippen MR) is 142 cm³/mol. The van der Waals surface area contributed by atoms with Crippen molar-refractivity contribution in [1.82, 2.24) is 0 Å². The third-order valence-electron chi connectivity index (χ3n) is 5.74. The summed E-state index contributed by atoms with van der Waals surface area (Å²) in [5.74, 6) is -1.51. The molecule has 1 radical (unpaired) electrons. The van der Waals surface area contributed by atoms with Gasteiger partial charge in [-0.05, 0) is 94.2 Å². The maximum Gasteiger partial charge on any atom is 2.00 e. The van der Waals surface area contributed by atoms with E-state index in [0.717, 1.165) is 79.3 Å². The number of aliphatic carboxylic acids is 2. The largest absolute Gasteiger partial charge is 2.00 e. The molecule has 209 valence electrons. The van der Waals surface area contributed by atoms with Crippen molar-refractivity contribution >= 4 is 24.4 Å². The molecule has 3 rings (SSSR count). The van der Waals surface area contributed by atoms with Gasteiger partial charge in [0.2, 0.25) is 0 Å². The van der Waals surface area contributed by atoms with Crippen molar-refractivity contribution < 1.29 is 46.8 Å². The van der Waals surface area contributed by atoms with E-state index in [9.17, 15) is 10.2 Å². The van der Waals surface area contributed by atoms with E-state index in [1.165, 1.54) is 0 Å². The summed E-state index contributed by atoms with van der Waals surface area (Å²) in [7, 11) is 0. The van der Waals surface area contributed by atoms with Gasteiger partial charge in [0.1, 0.15) is 11.5 Å². The molecule has 8 nitrogen and oxygen atoms in total. The van der Waals surface area contributed by atoms with Crippen LogP contribution in [0.3, 0.4) is 0 Å². The average Bonchev–Trinajstić information content (AvgIpc) is 3.26. The van der Waals surface area contributed by atoms with Crippen LogP contribution in [0, 0.1) is 13.8 Å². The smallest absolute Gasteiger partial charge is 0.550 e. The molecule has 1 fully saturated rings. The second kappa shape index (κ2) is 17.4. The van der Waals surface area contributed by atoms with Gasteiger partial charge in [-0.3, -0.25) is 9.98 Å². The number of phenols is 2. The number of hydrogen-bond donors (Lipinski definition) is 2. The second-order valence-electron chi connectivity index (χ2n) is 9.04. The molecule has 2 unspecified atom stereocenters. The quantitative estimate of drug-likeness (QED) is 0.512. The van der Waals surface area contributed by atoms with Crippen LogP contribution in [0.15, 0.2) is 34.3 Å². The van der Waals surface area contributed by atoms with Crippen LogP contribution in [0.25, 0.3) is 0 Å². The summed E-state index contributed by atoms with van der Waals surface area (Å²) in [6.45, 7) is 10.1. The minimum atomic E-state index is -1.08. The number of phenolic OH excluding ortho intramolecular Hbond substituents is 2. The summed E-state index contributed by atoms with van der Waals surface area (Å²) in [6, 6.07) is 8.20. The Morgan fingerprint density at radius 3 is 1.42 bits per heavy atom. The Balaban J connectivity index is 0.00000134. The summed E-state index contributed by atoms with van der Waals surface area (Å²) >= 11 is 0. The Labute approximate surface area is 235 Å². The van der Waals surface area contributed by atoms with Crippen LogP contribution in [0.4, 0.5) is 0 Å². The van der Waals surface area contributed by atoms with Gasteiger partial charge < -0.3 is 30.0 Å². The van der Waals surface area contributed by atoms with E-state index in [1.807, 2.05) is 52.0 Å². The van der Waals surface area contributed by atoms with Gasteiger partial charge in [-0.2, -0.15) is 0 Å². The van der Waals surface area contributed by atoms with Crippen LogP contribution < -0.4 is 10.2 Å². The maximum atomic E-state index is 10.5. The van der Waals surface area contributed by atoms with Crippen molar-refractivity contribution in [2.45, 2.75) is 85.7 Å². The molecule has 2 aromatic carbocycles. The van der Waals surface area contributed by atoms with E-state index in [1.54, 1.807) is 12.4 Å². The predicted octanol–water partition coefficient (Wildman–Crippen LogP) is 2.81. The first-order valence-corrected chi connectivity index (χ1v) is 12.5. The molecule has 0 aliphatic heterocycles. The third kappa shape index (κ3) is 11.9. The molecule has 38 heavy (non-hydrogen) atoms. The fourth-order valence-corrected chi connectivity index (χ4v) is 4.12. The van der Waals surface area contributed by atoms with E-state index in [2.05, 4.69) is 0 Å². The summed E-state index contributed by atoms with van der Waals surface area (Å²) in [4.78, 5) is 27.3. The Morgan fingerprint density at radius 1 is 0.816 bits per heavy atom. The first kappa shape index (κ1) is 34.8. The van der Waals surface area contributed by atoms with Crippen molar-refractivity contribution in [1.29, 1.82) is 0 Å². The molecule has 1 saturated carbocycles. The zero-order chi connectivity index (χ0) is 28.1. The number of carbonyl (C=O) groups excluding carboxylic acids is 2. The summed E-state index contributed by atoms with van der Waals surface area (Å²) in [6.07, 6.45) is 8.27. The van der Waals surface area contributed by atoms with Gasteiger partial charge in [-0.1, -0.05) is 26.0 Å². The van der Waals surface area contributed by atoms with Gasteiger partial charge in [0.25, 0.3) is 0 Å². The SMILES string of the molecule is CC(=O)[O-].CC(=O)[O-].CCc1cc(C)cc(C=NC2CCCC2N=Cc2cc(C)cc(CC)c2O)c1O.[Co+2]. The first-order valence-electron chi connectivity index (χ1n) is 12.5. The number of benzene rings is 2. The van der Waals surface area contributed by atoms with Crippen molar-refractivity contribution in [3.63, 3.8) is 0 Å². The zero-order valence-corrected chi connectivity index (χ0v) is 24.0. The van der Waals surface area contributed by atoms with Crippen LogP contribution in [-0.2, 0) is 39.2 Å². The number of carboxylic acids is 2. The Bertz CT molecular complexity index is 1040. The number of carbonyl (C=O) groups is 2. The van der Waals surface area contributed by atoms with Gasteiger partial charge >= 0.3 is 16.8 Å². The Kier molecular flexibility index (Phi) is 15.9. The second-order valence-corrected chi connectivity index (χ2v) is 9.04. The van der Waals surface area contributed by atoms with Gasteiger partial charge in [0, 0.05) is 35.5 Å². The molecular weight excluding hydrogens is 531 g/mol. The van der Waals surface area contributed by atoms with Crippen molar-refractivity contribution in [2.24, 2.45) is 9.98 Å². The van der Waals surface area contributed by atoms with Gasteiger partial charge in [0.05, 0.1) is 12.1 Å². The van der Waals surface area contributed by atoms with E-state index in [0.29, 0.717) is 11.5 Å². The van der Waals surface area contributed by atoms with Crippen LogP contribution in [0.1, 0.15) is 80.3 Å². The van der Waals surface area contributed by atoms with Crippen molar-refractivity contribution in [3.8, 4) is 11.5 Å². The molecule has 0 spiro atoms. The van der Waals surface area contributed by atoms with Gasteiger partial charge in [-0.25, -0.2) is 0 Å². The molecule has 0 amide bonds. The van der Waals surface area contributed by atoms with E-state index >= 15 is 0 Å². The molecule has 9 heteroatoms. The molecule has 2 atom stereocenters. The normalized spacial score (nSPS) is 16.3. The first-order chi connectivity index (χ1) is 17.4. The van der Waals surface area contributed by atoms with E-state index in [4.69, 9.17) is 29.8 Å². The fraction of sp³-hybridized carbons (Fsp3) is 0.448. The van der Waals surface area contributed by atoms with Crippen molar-refractivity contribution in [3.05, 3.63) is 57.6 Å². The molecule has 0 saturated heterocycles.